The van der Waals surface area contributed by atoms with E-state index in [4.69, 9.17) is 32.5 Å². The smallest absolute Gasteiger partial charge is 0.327 e. The van der Waals surface area contributed by atoms with Gasteiger partial charge in [0, 0.05) is 79.6 Å². The topological polar surface area (TPSA) is 252 Å². The minimum atomic E-state index is -4.02. The van der Waals surface area contributed by atoms with E-state index in [1.165, 1.54) is 58.2 Å². The maximum absolute atomic E-state index is 13.2. The number of thiazole rings is 1. The lowest BCUT2D eigenvalue weighted by atomic mass is 9.81. The van der Waals surface area contributed by atoms with E-state index < -0.39 is 40.1 Å². The zero-order valence-corrected chi connectivity index (χ0v) is 43.1. The zero-order valence-electron chi connectivity index (χ0n) is 39.1. The van der Waals surface area contributed by atoms with Gasteiger partial charge in [0.05, 0.1) is 28.8 Å². The predicted molar refractivity (Wildman–Crippen MR) is 268 cm³/mol. The van der Waals surface area contributed by atoms with Crippen molar-refractivity contribution in [1.29, 1.82) is 0 Å². The maximum atomic E-state index is 13.2. The summed E-state index contributed by atoms with van der Waals surface area (Å²) in [6.07, 6.45) is 4.39. The van der Waals surface area contributed by atoms with Gasteiger partial charge in [-0.05, 0) is 92.6 Å². The number of rotatable bonds is 9. The van der Waals surface area contributed by atoms with Crippen LogP contribution in [0.3, 0.4) is 0 Å². The Morgan fingerprint density at radius 3 is 2.29 bits per heavy atom. The van der Waals surface area contributed by atoms with E-state index in [0.29, 0.717) is 34.3 Å². The van der Waals surface area contributed by atoms with Crippen LogP contribution in [-0.2, 0) is 60.0 Å². The highest BCUT2D eigenvalue weighted by atomic mass is 35.5. The molecule has 3 aromatic heterocycles. The fraction of sp³-hybridized carbons (Fsp3) is 0.383. The van der Waals surface area contributed by atoms with Gasteiger partial charge in [0.15, 0.2) is 5.01 Å². The molecular weight excluding hydrogens is 1000 g/mol. The highest BCUT2D eigenvalue weighted by molar-refractivity contribution is 7.85. The van der Waals surface area contributed by atoms with Crippen molar-refractivity contribution in [2.75, 3.05) is 46.7 Å². The molecule has 0 bridgehead atoms. The number of methoxy groups -OCH3 is 1. The van der Waals surface area contributed by atoms with Crippen LogP contribution in [0.2, 0.25) is 10.0 Å². The second kappa shape index (κ2) is 25.2. The summed E-state index contributed by atoms with van der Waals surface area (Å²) in [7, 11) is 2.81. The summed E-state index contributed by atoms with van der Waals surface area (Å²) in [6.45, 7) is 5.06. The largest absolute Gasteiger partial charge is 0.468 e. The number of likely N-dealkylation sites (N-methyl/N-ethyl adjacent to an activating group) is 1. The number of fused-ring (bicyclic) bond motifs is 2. The number of esters is 1. The second-order valence-electron chi connectivity index (χ2n) is 16.9. The number of pyridine rings is 1. The zero-order chi connectivity index (χ0) is 50.0. The van der Waals surface area contributed by atoms with Gasteiger partial charge in [-0.15, -0.1) is 22.7 Å². The number of amides is 4. The van der Waals surface area contributed by atoms with E-state index in [0.717, 1.165) is 60.7 Å². The molecule has 5 aromatic rings. The summed E-state index contributed by atoms with van der Waals surface area (Å²) in [5.41, 5.74) is 4.00. The Kier molecular flexibility index (Phi) is 20.0. The third kappa shape index (κ3) is 14.8. The van der Waals surface area contributed by atoms with Crippen molar-refractivity contribution in [3.63, 3.8) is 0 Å². The molecule has 4 atom stereocenters. The van der Waals surface area contributed by atoms with E-state index in [-0.39, 0.29) is 39.9 Å². The number of benzene rings is 2. The van der Waals surface area contributed by atoms with E-state index in [2.05, 4.69) is 47.2 Å². The SMILES string of the molecule is CN1CCc2nc(C(=O)N[C@@H]3C[C@@H](C(=O)N(C)C)CC[C@@H]3NC(=O)C(=O)Nc3ccc(Cl)cn3)sc2C1.COC(=O)[C@H](c1ccccc1Cl)N1CCc2sccc2C1.Cc1ccc(S(=O)(=O)O)cc1.O. The van der Waals surface area contributed by atoms with Crippen LogP contribution in [0.1, 0.15) is 67.2 Å². The number of carbonyl (C=O) groups excluding carboxylic acids is 5. The number of halogens is 2. The summed E-state index contributed by atoms with van der Waals surface area (Å²) >= 11 is 15.2. The number of hydrogen-bond acceptors (Lipinski definition) is 14. The molecule has 5 heterocycles. The highest BCUT2D eigenvalue weighted by Crippen LogP contribution is 2.34. The minimum Gasteiger partial charge on any atom is -0.468 e. The summed E-state index contributed by atoms with van der Waals surface area (Å²) in [5, 5.41) is 11.6. The van der Waals surface area contributed by atoms with E-state index in [1.54, 1.807) is 43.6 Å². The van der Waals surface area contributed by atoms with Crippen molar-refractivity contribution >= 4 is 91.4 Å². The van der Waals surface area contributed by atoms with Crippen LogP contribution in [0.4, 0.5) is 5.82 Å². The highest BCUT2D eigenvalue weighted by Gasteiger charge is 2.38. The van der Waals surface area contributed by atoms with Crippen LogP contribution in [-0.4, -0.2) is 126 Å². The Bertz CT molecular complexity index is 2740. The first kappa shape index (κ1) is 55.6. The normalized spacial score (nSPS) is 18.0. The number of carbonyl (C=O) groups is 5. The summed E-state index contributed by atoms with van der Waals surface area (Å²) in [6, 6.07) is 17.1. The van der Waals surface area contributed by atoms with Crippen molar-refractivity contribution < 1.29 is 47.2 Å². The van der Waals surface area contributed by atoms with Gasteiger partial charge in [-0.1, -0.05) is 59.1 Å². The predicted octanol–water partition coefficient (Wildman–Crippen LogP) is 5.38. The average Bonchev–Trinajstić information content (AvgIpc) is 3.98. The molecule has 0 unspecified atom stereocenters. The first-order valence-electron chi connectivity index (χ1n) is 21.9. The Morgan fingerprint density at radius 2 is 1.63 bits per heavy atom. The Morgan fingerprint density at radius 1 is 0.900 bits per heavy atom. The van der Waals surface area contributed by atoms with Crippen molar-refractivity contribution in [3.05, 3.63) is 125 Å². The summed E-state index contributed by atoms with van der Waals surface area (Å²) in [5.74, 6) is -2.51. The molecule has 23 heteroatoms. The molecule has 1 aliphatic carbocycles. The first-order valence-corrected chi connectivity index (χ1v) is 25.8. The number of thiophene rings is 1. The molecule has 0 spiro atoms. The van der Waals surface area contributed by atoms with Gasteiger partial charge in [0.2, 0.25) is 5.91 Å². The van der Waals surface area contributed by atoms with Crippen LogP contribution in [0, 0.1) is 12.8 Å². The maximum Gasteiger partial charge on any atom is 0.327 e. The average molecular weight is 1060 g/mol. The molecule has 376 valence electrons. The standard InChI is InChI=1S/C24H30ClN7O4S.C16H16ClNO2S.C7H8O3S.H2O/c1-31(2)24(36)13-4-6-15(27-20(33)21(34)30-19-7-5-14(25)11-26-19)17(10-13)28-22(35)23-29-16-8-9-32(3)12-18(16)37-23;1-20-16(19)15(12-4-2-3-5-13(12)17)18-8-6-14-11(10-18)7-9-21-14;1-6-2-4-7(5-3-6)11(8,9)10;/h5,7,11,13,15,17H,4,6,8-10,12H2,1-3H3,(H,27,33)(H,28,35)(H,26,30,34);2-5,7,9,15H,6,8,10H2,1H3;2-5H,1H3,(H,8,9,10);1H2/t13-,15-,17+;15-;;/m00../s1. The molecule has 2 aromatic carbocycles. The summed E-state index contributed by atoms with van der Waals surface area (Å²) < 4.78 is 34.6. The quantitative estimate of drug-likeness (QED) is 0.0823. The fourth-order valence-corrected chi connectivity index (χ4v) is 10.9. The minimum absolute atomic E-state index is 0. The second-order valence-corrected chi connectivity index (χ2v) is 21.3. The molecule has 3 aliphatic rings. The summed E-state index contributed by atoms with van der Waals surface area (Å²) in [4.78, 5) is 80.0. The lowest BCUT2D eigenvalue weighted by Gasteiger charge is -2.37. The molecule has 1 saturated carbocycles. The van der Waals surface area contributed by atoms with Crippen molar-refractivity contribution in [1.82, 2.24) is 35.3 Å². The van der Waals surface area contributed by atoms with Crippen LogP contribution in [0.5, 0.6) is 0 Å². The van der Waals surface area contributed by atoms with E-state index in [9.17, 15) is 32.4 Å². The number of anilines is 1. The third-order valence-electron chi connectivity index (χ3n) is 11.7. The fourth-order valence-electron chi connectivity index (χ4n) is 8.08. The van der Waals surface area contributed by atoms with Gasteiger partial charge in [-0.25, -0.2) is 14.8 Å². The molecule has 6 N–H and O–H groups in total. The lowest BCUT2D eigenvalue weighted by Crippen LogP contribution is -2.57. The Balaban J connectivity index is 0.000000230. The number of aromatic nitrogens is 2. The lowest BCUT2D eigenvalue weighted by molar-refractivity contribution is -0.147. The number of nitrogens with zero attached hydrogens (tertiary/aromatic N) is 5. The van der Waals surface area contributed by atoms with Gasteiger partial charge in [0.1, 0.15) is 11.9 Å². The molecular formula is C47H56Cl2N8O10S3. The van der Waals surface area contributed by atoms with Gasteiger partial charge in [-0.3, -0.25) is 28.6 Å². The van der Waals surface area contributed by atoms with Crippen LogP contribution in [0.15, 0.2) is 83.2 Å². The van der Waals surface area contributed by atoms with Crippen molar-refractivity contribution in [2.24, 2.45) is 5.92 Å². The van der Waals surface area contributed by atoms with Crippen molar-refractivity contribution in [2.45, 2.75) is 75.1 Å². The molecule has 1 fully saturated rings. The Labute approximate surface area is 424 Å². The molecule has 2 aliphatic heterocycles. The molecule has 4 amide bonds. The van der Waals surface area contributed by atoms with Crippen LogP contribution < -0.4 is 16.0 Å². The van der Waals surface area contributed by atoms with Gasteiger partial charge in [0.25, 0.3) is 16.0 Å². The Hall–Kier alpha value is -5.36. The van der Waals surface area contributed by atoms with E-state index >= 15 is 0 Å². The molecule has 70 heavy (non-hydrogen) atoms. The number of ether oxygens (including phenoxy) is 1. The van der Waals surface area contributed by atoms with Crippen molar-refractivity contribution in [3.8, 4) is 0 Å². The number of nitrogens with one attached hydrogen (secondary N) is 3. The molecule has 0 saturated heterocycles. The molecule has 0 radical (unpaired) electrons. The van der Waals surface area contributed by atoms with Crippen LogP contribution in [0.25, 0.3) is 0 Å². The molecule has 8 rings (SSSR count). The number of aryl methyl sites for hydroxylation is 1. The van der Waals surface area contributed by atoms with Crippen LogP contribution >= 0.6 is 45.9 Å². The van der Waals surface area contributed by atoms with Gasteiger partial charge >= 0.3 is 17.8 Å². The third-order valence-corrected chi connectivity index (χ3v) is 15.3. The van der Waals surface area contributed by atoms with E-state index in [1.807, 2.05) is 38.2 Å². The van der Waals surface area contributed by atoms with Gasteiger partial charge in [-0.2, -0.15) is 8.42 Å². The monoisotopic (exact) mass is 1060 g/mol. The first-order chi connectivity index (χ1) is 32.8. The number of hydrogen-bond donors (Lipinski definition) is 4. The molecule has 18 nitrogen and oxygen atoms in total. The van der Waals surface area contributed by atoms with Gasteiger partial charge < -0.3 is 36.0 Å².